The van der Waals surface area contributed by atoms with Gasteiger partial charge in [-0.15, -0.1) is 0 Å². The number of hydrogen-bond acceptors (Lipinski definition) is 4. The van der Waals surface area contributed by atoms with Crippen LogP contribution in [0.5, 0.6) is 0 Å². The van der Waals surface area contributed by atoms with E-state index in [2.05, 4.69) is 16.9 Å². The molecule has 5 nitrogen and oxygen atoms in total. The number of aromatic nitrogens is 2. The first-order chi connectivity index (χ1) is 13.1. The number of benzene rings is 1. The van der Waals surface area contributed by atoms with Crippen molar-refractivity contribution in [2.75, 3.05) is 19.7 Å². The van der Waals surface area contributed by atoms with Gasteiger partial charge in [-0.2, -0.15) is 0 Å². The molecule has 0 N–H and O–H groups in total. The molecule has 1 amide bonds. The Balaban J connectivity index is 1.75. The van der Waals surface area contributed by atoms with E-state index in [1.807, 2.05) is 49.2 Å². The Bertz CT molecular complexity index is 768. The standard InChI is InChI=1S/C22H29N3O2/c1-4-17-14-23-16(3)24-21(17)18-9-11-19(12-10-18)22(26)25(5-2)15-20-8-6-7-13-27-20/h9-12,14,20H,4-8,13,15H2,1-3H3/t20-/m1/s1. The van der Waals surface area contributed by atoms with Crippen molar-refractivity contribution in [1.29, 1.82) is 0 Å². The summed E-state index contributed by atoms with van der Waals surface area (Å²) in [6, 6.07) is 7.77. The fourth-order valence-electron chi connectivity index (χ4n) is 3.51. The SMILES string of the molecule is CCc1cnc(C)nc1-c1ccc(C(=O)N(CC)C[C@H]2CCCCO2)cc1. The summed E-state index contributed by atoms with van der Waals surface area (Å²) >= 11 is 0. The van der Waals surface area contributed by atoms with Gasteiger partial charge in [0.25, 0.3) is 5.91 Å². The van der Waals surface area contributed by atoms with Gasteiger partial charge in [-0.05, 0) is 57.2 Å². The summed E-state index contributed by atoms with van der Waals surface area (Å²) in [7, 11) is 0. The minimum atomic E-state index is 0.0628. The quantitative estimate of drug-likeness (QED) is 0.773. The summed E-state index contributed by atoms with van der Waals surface area (Å²) in [5, 5.41) is 0. The van der Waals surface area contributed by atoms with Crippen LogP contribution in [0, 0.1) is 6.92 Å². The molecule has 0 aliphatic carbocycles. The third-order valence-electron chi connectivity index (χ3n) is 5.14. The summed E-state index contributed by atoms with van der Waals surface area (Å²) in [5.41, 5.74) is 3.80. The van der Waals surface area contributed by atoms with Crippen LogP contribution < -0.4 is 0 Å². The molecule has 1 aromatic carbocycles. The van der Waals surface area contributed by atoms with Gasteiger partial charge in [0.1, 0.15) is 5.82 Å². The second-order valence-electron chi connectivity index (χ2n) is 7.05. The molecule has 1 aliphatic heterocycles. The molecule has 2 aromatic rings. The van der Waals surface area contributed by atoms with Crippen molar-refractivity contribution < 1.29 is 9.53 Å². The molecule has 0 spiro atoms. The Morgan fingerprint density at radius 1 is 1.22 bits per heavy atom. The summed E-state index contributed by atoms with van der Waals surface area (Å²) < 4.78 is 5.80. The molecule has 1 fully saturated rings. The van der Waals surface area contributed by atoms with Crippen molar-refractivity contribution in [2.45, 2.75) is 52.6 Å². The summed E-state index contributed by atoms with van der Waals surface area (Å²) in [4.78, 5) is 23.7. The van der Waals surface area contributed by atoms with Crippen molar-refractivity contribution in [1.82, 2.24) is 14.9 Å². The van der Waals surface area contributed by atoms with E-state index in [-0.39, 0.29) is 12.0 Å². The van der Waals surface area contributed by atoms with Crippen molar-refractivity contribution >= 4 is 5.91 Å². The first-order valence-corrected chi connectivity index (χ1v) is 9.96. The number of nitrogens with zero attached hydrogens (tertiary/aromatic N) is 3. The predicted molar refractivity (Wildman–Crippen MR) is 107 cm³/mol. The van der Waals surface area contributed by atoms with Gasteiger partial charge in [0.05, 0.1) is 11.8 Å². The monoisotopic (exact) mass is 367 g/mol. The second-order valence-corrected chi connectivity index (χ2v) is 7.05. The van der Waals surface area contributed by atoms with Crippen LogP contribution in [-0.2, 0) is 11.2 Å². The number of rotatable bonds is 6. The van der Waals surface area contributed by atoms with Gasteiger partial charge in [0.15, 0.2) is 0 Å². The number of likely N-dealkylation sites (N-methyl/N-ethyl adjacent to an activating group) is 1. The average molecular weight is 367 g/mol. The average Bonchev–Trinajstić information content (AvgIpc) is 2.72. The van der Waals surface area contributed by atoms with E-state index in [0.717, 1.165) is 48.5 Å². The largest absolute Gasteiger partial charge is 0.376 e. The maximum atomic E-state index is 12.9. The molecular weight excluding hydrogens is 338 g/mol. The Morgan fingerprint density at radius 3 is 2.63 bits per heavy atom. The molecule has 1 atom stereocenters. The Kier molecular flexibility index (Phi) is 6.56. The lowest BCUT2D eigenvalue weighted by molar-refractivity contribution is -0.00311. The second kappa shape index (κ2) is 9.09. The van der Waals surface area contributed by atoms with Gasteiger partial charge in [0, 0.05) is 37.0 Å². The maximum Gasteiger partial charge on any atom is 0.253 e. The number of aryl methyl sites for hydroxylation is 2. The van der Waals surface area contributed by atoms with E-state index in [4.69, 9.17) is 4.74 Å². The molecule has 1 aliphatic rings. The molecule has 0 radical (unpaired) electrons. The molecule has 1 saturated heterocycles. The Hall–Kier alpha value is -2.27. The van der Waals surface area contributed by atoms with Crippen LogP contribution in [0.1, 0.15) is 54.9 Å². The summed E-state index contributed by atoms with van der Waals surface area (Å²) in [6.07, 6.45) is 6.28. The fraction of sp³-hybridized carbons (Fsp3) is 0.500. The van der Waals surface area contributed by atoms with Gasteiger partial charge in [0.2, 0.25) is 0 Å². The van der Waals surface area contributed by atoms with Crippen LogP contribution in [-0.4, -0.2) is 46.6 Å². The molecule has 0 unspecified atom stereocenters. The van der Waals surface area contributed by atoms with Gasteiger partial charge < -0.3 is 9.64 Å². The van der Waals surface area contributed by atoms with Crippen LogP contribution in [0.3, 0.4) is 0 Å². The maximum absolute atomic E-state index is 12.9. The van der Waals surface area contributed by atoms with Crippen LogP contribution in [0.15, 0.2) is 30.5 Å². The lowest BCUT2D eigenvalue weighted by atomic mass is 10.0. The lowest BCUT2D eigenvalue weighted by Crippen LogP contribution is -2.39. The zero-order chi connectivity index (χ0) is 19.2. The van der Waals surface area contributed by atoms with Crippen molar-refractivity contribution in [3.63, 3.8) is 0 Å². The summed E-state index contributed by atoms with van der Waals surface area (Å²) in [5.74, 6) is 0.819. The first kappa shape index (κ1) is 19.5. The molecule has 3 rings (SSSR count). The van der Waals surface area contributed by atoms with E-state index in [1.54, 1.807) is 0 Å². The van der Waals surface area contributed by atoms with Gasteiger partial charge in [-0.1, -0.05) is 19.1 Å². The normalized spacial score (nSPS) is 16.9. The number of carbonyl (C=O) groups is 1. The predicted octanol–water partition coefficient (Wildman–Crippen LogP) is 4.05. The van der Waals surface area contributed by atoms with Crippen LogP contribution >= 0.6 is 0 Å². The third kappa shape index (κ3) is 4.72. The molecular formula is C22H29N3O2. The third-order valence-corrected chi connectivity index (χ3v) is 5.14. The van der Waals surface area contributed by atoms with E-state index in [9.17, 15) is 4.79 Å². The highest BCUT2D eigenvalue weighted by atomic mass is 16.5. The molecule has 0 bridgehead atoms. The van der Waals surface area contributed by atoms with Crippen LogP contribution in [0.2, 0.25) is 0 Å². The lowest BCUT2D eigenvalue weighted by Gasteiger charge is -2.29. The zero-order valence-corrected chi connectivity index (χ0v) is 16.6. The first-order valence-electron chi connectivity index (χ1n) is 9.96. The Morgan fingerprint density at radius 2 is 2.00 bits per heavy atom. The van der Waals surface area contributed by atoms with Crippen LogP contribution in [0.25, 0.3) is 11.3 Å². The van der Waals surface area contributed by atoms with Gasteiger partial charge in [-0.3, -0.25) is 4.79 Å². The topological polar surface area (TPSA) is 55.3 Å². The van der Waals surface area contributed by atoms with Crippen molar-refractivity contribution in [3.8, 4) is 11.3 Å². The Labute approximate surface area is 161 Å². The number of hydrogen-bond donors (Lipinski definition) is 0. The minimum Gasteiger partial charge on any atom is -0.376 e. The van der Waals surface area contributed by atoms with Gasteiger partial charge >= 0.3 is 0 Å². The van der Waals surface area contributed by atoms with E-state index in [1.165, 1.54) is 6.42 Å². The van der Waals surface area contributed by atoms with Crippen LogP contribution in [0.4, 0.5) is 0 Å². The number of ether oxygens (including phenoxy) is 1. The highest BCUT2D eigenvalue weighted by Crippen LogP contribution is 2.23. The van der Waals surface area contributed by atoms with Gasteiger partial charge in [-0.25, -0.2) is 9.97 Å². The number of carbonyl (C=O) groups excluding carboxylic acids is 1. The smallest absolute Gasteiger partial charge is 0.253 e. The van der Waals surface area contributed by atoms with Crippen molar-refractivity contribution in [3.05, 3.63) is 47.4 Å². The molecule has 27 heavy (non-hydrogen) atoms. The van der Waals surface area contributed by atoms with E-state index < -0.39 is 0 Å². The van der Waals surface area contributed by atoms with Crippen molar-refractivity contribution in [2.24, 2.45) is 0 Å². The fourth-order valence-corrected chi connectivity index (χ4v) is 3.51. The molecule has 144 valence electrons. The highest BCUT2D eigenvalue weighted by Gasteiger charge is 2.21. The highest BCUT2D eigenvalue weighted by molar-refractivity contribution is 5.94. The summed E-state index contributed by atoms with van der Waals surface area (Å²) in [6.45, 7) is 8.18. The minimum absolute atomic E-state index is 0.0628. The molecule has 1 aromatic heterocycles. The molecule has 0 saturated carbocycles. The zero-order valence-electron chi connectivity index (χ0n) is 16.6. The number of amides is 1. The molecule has 5 heteroatoms. The van der Waals surface area contributed by atoms with E-state index in [0.29, 0.717) is 18.7 Å². The van der Waals surface area contributed by atoms with E-state index >= 15 is 0 Å². The molecule has 2 heterocycles.